The molecule has 3 rings (SSSR count). The number of hydrogen-bond donors (Lipinski definition) is 0. The van der Waals surface area contributed by atoms with Gasteiger partial charge < -0.3 is 4.74 Å². The molecule has 0 aromatic heterocycles. The van der Waals surface area contributed by atoms with Gasteiger partial charge in [-0.25, -0.2) is 4.39 Å². The van der Waals surface area contributed by atoms with E-state index in [-0.39, 0.29) is 22.9 Å². The van der Waals surface area contributed by atoms with Gasteiger partial charge in [0.15, 0.2) is 5.78 Å². The number of ether oxygens (including phenoxy) is 1. The number of rotatable bonds is 2. The summed E-state index contributed by atoms with van der Waals surface area (Å²) >= 11 is 5.10. The lowest BCUT2D eigenvalue weighted by molar-refractivity contribution is -0.0960. The van der Waals surface area contributed by atoms with Crippen LogP contribution in [0.5, 0.6) is 0 Å². The molecule has 0 N–H and O–H groups in total. The van der Waals surface area contributed by atoms with Crippen LogP contribution in [0.2, 0.25) is 0 Å². The number of ketones is 1. The average molecular weight is 373 g/mol. The second-order valence-corrected chi connectivity index (χ2v) is 7.88. The highest BCUT2D eigenvalue weighted by atomic mass is 79.9. The molecular weight excluding hydrogens is 355 g/mol. The molecule has 0 saturated carbocycles. The van der Waals surface area contributed by atoms with Gasteiger partial charge in [0.2, 0.25) is 0 Å². The van der Waals surface area contributed by atoms with E-state index in [1.165, 1.54) is 0 Å². The third kappa shape index (κ3) is 3.20. The van der Waals surface area contributed by atoms with Crippen molar-refractivity contribution < 1.29 is 13.9 Å². The molecule has 5 heteroatoms. The average Bonchev–Trinajstić information content (AvgIpc) is 2.50. The minimum absolute atomic E-state index is 0.0744. The second kappa shape index (κ2) is 6.39. The molecule has 0 amide bonds. The molecule has 0 bridgehead atoms. The first kappa shape index (κ1) is 15.5. The maximum atomic E-state index is 14.1. The first-order valence-electron chi connectivity index (χ1n) is 7.31. The molecule has 0 radical (unpaired) electrons. The fourth-order valence-corrected chi connectivity index (χ4v) is 4.86. The van der Waals surface area contributed by atoms with Crippen LogP contribution in [0.1, 0.15) is 36.0 Å². The van der Waals surface area contributed by atoms with Crippen molar-refractivity contribution in [3.05, 3.63) is 34.1 Å². The molecule has 1 atom stereocenters. The predicted octanol–water partition coefficient (Wildman–Crippen LogP) is 4.46. The van der Waals surface area contributed by atoms with Gasteiger partial charge in [-0.3, -0.25) is 4.79 Å². The number of hydrogen-bond acceptors (Lipinski definition) is 3. The van der Waals surface area contributed by atoms with E-state index >= 15 is 0 Å². The van der Waals surface area contributed by atoms with E-state index in [1.54, 1.807) is 18.2 Å². The lowest BCUT2D eigenvalue weighted by Gasteiger charge is -2.42. The summed E-state index contributed by atoms with van der Waals surface area (Å²) in [5, 5.41) is 0. The standard InChI is InChI=1S/C16H18BrFO2S/c17-13-3-1-2-12(14(13)18)15(19)11-4-7-20-16(10-11)5-8-21-9-6-16/h1-3,11H,4-10H2. The van der Waals surface area contributed by atoms with Gasteiger partial charge in [-0.05, 0) is 65.3 Å². The first-order valence-corrected chi connectivity index (χ1v) is 9.26. The van der Waals surface area contributed by atoms with Crippen LogP contribution in [0.15, 0.2) is 22.7 Å². The normalized spacial score (nSPS) is 25.0. The third-order valence-electron chi connectivity index (χ3n) is 4.48. The predicted molar refractivity (Wildman–Crippen MR) is 86.4 cm³/mol. The van der Waals surface area contributed by atoms with E-state index in [1.807, 2.05) is 11.8 Å². The van der Waals surface area contributed by atoms with Gasteiger partial charge in [0.05, 0.1) is 15.6 Å². The zero-order chi connectivity index (χ0) is 14.9. The fourth-order valence-electron chi connectivity index (χ4n) is 3.26. The molecule has 1 spiro atoms. The highest BCUT2D eigenvalue weighted by molar-refractivity contribution is 9.10. The number of Topliss-reactive ketones (excluding diaryl/α,β-unsaturated/α-hetero) is 1. The molecule has 1 aromatic carbocycles. The molecule has 2 nitrogen and oxygen atoms in total. The Labute approximate surface area is 137 Å². The summed E-state index contributed by atoms with van der Waals surface area (Å²) in [5.41, 5.74) is 0.0587. The number of carbonyl (C=O) groups is 1. The summed E-state index contributed by atoms with van der Waals surface area (Å²) in [6.07, 6.45) is 3.43. The molecule has 21 heavy (non-hydrogen) atoms. The van der Waals surface area contributed by atoms with E-state index in [2.05, 4.69) is 15.9 Å². The Kier molecular flexibility index (Phi) is 4.71. The van der Waals surface area contributed by atoms with Crippen LogP contribution < -0.4 is 0 Å². The van der Waals surface area contributed by atoms with Gasteiger partial charge in [0, 0.05) is 12.5 Å². The Morgan fingerprint density at radius 2 is 2.14 bits per heavy atom. The van der Waals surface area contributed by atoms with Gasteiger partial charge in [-0.2, -0.15) is 11.8 Å². The van der Waals surface area contributed by atoms with Crippen molar-refractivity contribution in [1.29, 1.82) is 0 Å². The Bertz CT molecular complexity index is 538. The Hall–Kier alpha value is -0.390. The number of benzene rings is 1. The van der Waals surface area contributed by atoms with E-state index in [0.29, 0.717) is 17.5 Å². The minimum atomic E-state index is -0.442. The van der Waals surface area contributed by atoms with Crippen molar-refractivity contribution >= 4 is 33.5 Å². The van der Waals surface area contributed by atoms with Crippen LogP contribution in [-0.2, 0) is 4.74 Å². The van der Waals surface area contributed by atoms with E-state index in [0.717, 1.165) is 30.8 Å². The topological polar surface area (TPSA) is 26.3 Å². The highest BCUT2D eigenvalue weighted by Crippen LogP contribution is 2.41. The molecule has 114 valence electrons. The van der Waals surface area contributed by atoms with Crippen LogP contribution >= 0.6 is 27.7 Å². The quantitative estimate of drug-likeness (QED) is 0.716. The molecule has 2 aliphatic rings. The lowest BCUT2D eigenvalue weighted by Crippen LogP contribution is -2.44. The number of halogens is 2. The minimum Gasteiger partial charge on any atom is -0.375 e. The van der Waals surface area contributed by atoms with Crippen molar-refractivity contribution in [3.8, 4) is 0 Å². The van der Waals surface area contributed by atoms with Crippen LogP contribution in [0.3, 0.4) is 0 Å². The molecular formula is C16H18BrFO2S. The van der Waals surface area contributed by atoms with Crippen molar-refractivity contribution in [3.63, 3.8) is 0 Å². The van der Waals surface area contributed by atoms with Crippen LogP contribution in [0.4, 0.5) is 4.39 Å². The van der Waals surface area contributed by atoms with Gasteiger partial charge in [0.25, 0.3) is 0 Å². The smallest absolute Gasteiger partial charge is 0.169 e. The highest BCUT2D eigenvalue weighted by Gasteiger charge is 2.41. The second-order valence-electron chi connectivity index (χ2n) is 5.80. The SMILES string of the molecule is O=C(c1cccc(Br)c1F)C1CCOC2(CCSCC2)C1. The van der Waals surface area contributed by atoms with Crippen molar-refractivity contribution in [2.75, 3.05) is 18.1 Å². The Morgan fingerprint density at radius 3 is 2.90 bits per heavy atom. The Morgan fingerprint density at radius 1 is 1.38 bits per heavy atom. The van der Waals surface area contributed by atoms with Crippen LogP contribution in [0.25, 0.3) is 0 Å². The molecule has 2 saturated heterocycles. The molecule has 1 unspecified atom stereocenters. The Balaban J connectivity index is 1.79. The number of carbonyl (C=O) groups excluding carboxylic acids is 1. The van der Waals surface area contributed by atoms with Gasteiger partial charge in [0.1, 0.15) is 5.82 Å². The van der Waals surface area contributed by atoms with Crippen LogP contribution in [-0.4, -0.2) is 29.5 Å². The van der Waals surface area contributed by atoms with E-state index in [9.17, 15) is 9.18 Å². The van der Waals surface area contributed by atoms with E-state index < -0.39 is 5.82 Å². The first-order chi connectivity index (χ1) is 10.1. The van der Waals surface area contributed by atoms with E-state index in [4.69, 9.17) is 4.74 Å². The summed E-state index contributed by atoms with van der Waals surface area (Å²) in [7, 11) is 0. The molecule has 2 heterocycles. The molecule has 1 aromatic rings. The lowest BCUT2D eigenvalue weighted by atomic mass is 9.78. The van der Waals surface area contributed by atoms with Gasteiger partial charge in [-0.15, -0.1) is 0 Å². The molecule has 2 fully saturated rings. The maximum Gasteiger partial charge on any atom is 0.169 e. The summed E-state index contributed by atoms with van der Waals surface area (Å²) in [6.45, 7) is 0.608. The van der Waals surface area contributed by atoms with Crippen molar-refractivity contribution in [2.45, 2.75) is 31.3 Å². The largest absolute Gasteiger partial charge is 0.375 e. The summed E-state index contributed by atoms with van der Waals surface area (Å²) in [5.74, 6) is 1.54. The summed E-state index contributed by atoms with van der Waals surface area (Å²) in [4.78, 5) is 12.7. The summed E-state index contributed by atoms with van der Waals surface area (Å²) < 4.78 is 20.5. The fraction of sp³-hybridized carbons (Fsp3) is 0.562. The van der Waals surface area contributed by atoms with Gasteiger partial charge >= 0.3 is 0 Å². The molecule has 2 aliphatic heterocycles. The maximum absolute atomic E-state index is 14.1. The van der Waals surface area contributed by atoms with Crippen molar-refractivity contribution in [1.82, 2.24) is 0 Å². The zero-order valence-electron chi connectivity index (χ0n) is 11.7. The van der Waals surface area contributed by atoms with Crippen molar-refractivity contribution in [2.24, 2.45) is 5.92 Å². The third-order valence-corrected chi connectivity index (χ3v) is 6.08. The molecule has 0 aliphatic carbocycles. The zero-order valence-corrected chi connectivity index (χ0v) is 14.1. The monoisotopic (exact) mass is 372 g/mol. The van der Waals surface area contributed by atoms with Gasteiger partial charge in [-0.1, -0.05) is 6.07 Å². The number of thioether (sulfide) groups is 1. The summed E-state index contributed by atoms with van der Waals surface area (Å²) in [6, 6.07) is 4.92. The van der Waals surface area contributed by atoms with Crippen LogP contribution in [0, 0.1) is 11.7 Å².